The molecule has 0 saturated heterocycles. The molecule has 1 rings (SSSR count). The standard InChI is InChI=1S/C7H6BF5N/c9-7(10)6-1-5(3-14-4-6)2-8(11,12)13/h1,3-4,7H,2H2/q-1. The van der Waals surface area contributed by atoms with Crippen LogP contribution in [0.15, 0.2) is 18.5 Å². The third kappa shape index (κ3) is 3.31. The van der Waals surface area contributed by atoms with Crippen molar-refractivity contribution < 1.29 is 21.7 Å². The van der Waals surface area contributed by atoms with Crippen molar-refractivity contribution in [3.05, 3.63) is 29.6 Å². The van der Waals surface area contributed by atoms with Crippen molar-refractivity contribution in [2.45, 2.75) is 12.7 Å². The maximum atomic E-state index is 12.1. The highest BCUT2D eigenvalue weighted by molar-refractivity contribution is 6.57. The van der Waals surface area contributed by atoms with Crippen LogP contribution in [0.4, 0.5) is 21.7 Å². The summed E-state index contributed by atoms with van der Waals surface area (Å²) < 4.78 is 59.9. The molecule has 0 spiro atoms. The third-order valence-electron chi connectivity index (χ3n) is 1.54. The van der Waals surface area contributed by atoms with Crippen molar-refractivity contribution in [1.29, 1.82) is 0 Å². The highest BCUT2D eigenvalue weighted by Crippen LogP contribution is 2.21. The van der Waals surface area contributed by atoms with Crippen molar-refractivity contribution in [3.8, 4) is 0 Å². The Morgan fingerprint density at radius 2 is 1.86 bits per heavy atom. The monoisotopic (exact) mass is 210 g/mol. The zero-order valence-electron chi connectivity index (χ0n) is 6.93. The second kappa shape index (κ2) is 3.94. The number of aromatic nitrogens is 1. The van der Waals surface area contributed by atoms with Gasteiger partial charge in [-0.1, -0.05) is 11.9 Å². The molecule has 0 fully saturated rings. The molecular formula is C7H6BF5N-. The SMILES string of the molecule is FC(F)c1cncc(C[B-](F)(F)F)c1. The number of hydrogen-bond donors (Lipinski definition) is 0. The molecule has 0 unspecified atom stereocenters. The molecule has 7 heteroatoms. The molecule has 1 heterocycles. The Morgan fingerprint density at radius 3 is 2.36 bits per heavy atom. The lowest BCUT2D eigenvalue weighted by Crippen LogP contribution is -2.19. The van der Waals surface area contributed by atoms with Crippen LogP contribution < -0.4 is 0 Å². The Morgan fingerprint density at radius 1 is 1.21 bits per heavy atom. The average Bonchev–Trinajstić information content (AvgIpc) is 2.01. The third-order valence-corrected chi connectivity index (χ3v) is 1.54. The molecule has 0 bridgehead atoms. The summed E-state index contributed by atoms with van der Waals surface area (Å²) in [4.78, 5) is 3.32. The van der Waals surface area contributed by atoms with Crippen molar-refractivity contribution in [2.24, 2.45) is 0 Å². The summed E-state index contributed by atoms with van der Waals surface area (Å²) in [6.07, 6.45) is -2.16. The van der Waals surface area contributed by atoms with Crippen LogP contribution >= 0.6 is 0 Å². The van der Waals surface area contributed by atoms with Crippen LogP contribution in [0.2, 0.25) is 0 Å². The van der Waals surface area contributed by atoms with Gasteiger partial charge in [-0.3, -0.25) is 4.98 Å². The van der Waals surface area contributed by atoms with E-state index in [0.29, 0.717) is 0 Å². The van der Waals surface area contributed by atoms with E-state index in [-0.39, 0.29) is 5.56 Å². The second-order valence-electron chi connectivity index (χ2n) is 2.84. The molecule has 1 aromatic rings. The van der Waals surface area contributed by atoms with Gasteiger partial charge in [0.15, 0.2) is 0 Å². The molecule has 1 nitrogen and oxygen atoms in total. The lowest BCUT2D eigenvalue weighted by molar-refractivity contribution is 0.151. The zero-order chi connectivity index (χ0) is 10.8. The van der Waals surface area contributed by atoms with Gasteiger partial charge >= 0.3 is 6.98 Å². The normalized spacial score (nSPS) is 12.1. The summed E-state index contributed by atoms with van der Waals surface area (Å²) >= 11 is 0. The van der Waals surface area contributed by atoms with E-state index in [2.05, 4.69) is 4.98 Å². The highest BCUT2D eigenvalue weighted by Gasteiger charge is 2.23. The maximum Gasteiger partial charge on any atom is 0.482 e. The van der Waals surface area contributed by atoms with Crippen LogP contribution in [0.5, 0.6) is 0 Å². The van der Waals surface area contributed by atoms with Crippen LogP contribution in [0.1, 0.15) is 17.6 Å². The van der Waals surface area contributed by atoms with E-state index in [9.17, 15) is 21.7 Å². The molecule has 0 aromatic carbocycles. The van der Waals surface area contributed by atoms with Gasteiger partial charge in [0.05, 0.1) is 0 Å². The molecule has 0 aliphatic carbocycles. The van der Waals surface area contributed by atoms with Crippen LogP contribution in [0.25, 0.3) is 0 Å². The zero-order valence-corrected chi connectivity index (χ0v) is 6.93. The van der Waals surface area contributed by atoms with E-state index in [1.807, 2.05) is 0 Å². The fourth-order valence-electron chi connectivity index (χ4n) is 1.01. The molecule has 0 aliphatic heterocycles. The first kappa shape index (κ1) is 10.9. The molecule has 1 aromatic heterocycles. The fraction of sp³-hybridized carbons (Fsp3) is 0.286. The van der Waals surface area contributed by atoms with Crippen LogP contribution in [-0.2, 0) is 6.32 Å². The lowest BCUT2D eigenvalue weighted by Gasteiger charge is -2.13. The number of nitrogens with zero attached hydrogens (tertiary/aromatic N) is 1. The highest BCUT2D eigenvalue weighted by atomic mass is 19.4. The molecule has 0 aliphatic rings. The van der Waals surface area contributed by atoms with Gasteiger partial charge in [0.1, 0.15) is 0 Å². The van der Waals surface area contributed by atoms with Crippen LogP contribution in [0.3, 0.4) is 0 Å². The second-order valence-corrected chi connectivity index (χ2v) is 2.84. The molecule has 78 valence electrons. The molecule has 0 saturated carbocycles. The first-order valence-corrected chi connectivity index (χ1v) is 3.81. The molecule has 0 atom stereocenters. The Labute approximate surface area is 77.0 Å². The summed E-state index contributed by atoms with van der Waals surface area (Å²) in [5, 5.41) is 0. The minimum absolute atomic E-state index is 0.227. The number of pyridine rings is 1. The van der Waals surface area contributed by atoms with Gasteiger partial charge in [-0.25, -0.2) is 8.78 Å². The molecule has 14 heavy (non-hydrogen) atoms. The summed E-state index contributed by atoms with van der Waals surface area (Å²) in [6.45, 7) is -5.00. The van der Waals surface area contributed by atoms with E-state index in [4.69, 9.17) is 0 Å². The van der Waals surface area contributed by atoms with Gasteiger partial charge in [-0.05, 0) is 6.07 Å². The van der Waals surface area contributed by atoms with E-state index >= 15 is 0 Å². The average molecular weight is 210 g/mol. The Bertz CT molecular complexity index is 311. The first-order chi connectivity index (χ1) is 6.38. The largest absolute Gasteiger partial charge is 0.482 e. The summed E-state index contributed by atoms with van der Waals surface area (Å²) in [5.41, 5.74) is -0.710. The van der Waals surface area contributed by atoms with Crippen LogP contribution in [-0.4, -0.2) is 12.0 Å². The van der Waals surface area contributed by atoms with Crippen LogP contribution in [0, 0.1) is 0 Å². The van der Waals surface area contributed by atoms with Crippen molar-refractivity contribution >= 4 is 6.98 Å². The topological polar surface area (TPSA) is 12.9 Å². The van der Waals surface area contributed by atoms with Crippen molar-refractivity contribution in [1.82, 2.24) is 4.98 Å². The van der Waals surface area contributed by atoms with Gasteiger partial charge in [0.2, 0.25) is 0 Å². The molecule has 0 amide bonds. The van der Waals surface area contributed by atoms with Gasteiger partial charge in [0.25, 0.3) is 6.43 Å². The van der Waals surface area contributed by atoms with Gasteiger partial charge < -0.3 is 12.9 Å². The molecule has 0 N–H and O–H groups in total. The fourth-order valence-corrected chi connectivity index (χ4v) is 1.01. The van der Waals surface area contributed by atoms with Crippen molar-refractivity contribution in [2.75, 3.05) is 0 Å². The van der Waals surface area contributed by atoms with E-state index in [0.717, 1.165) is 18.5 Å². The smallest absolute Gasteiger partial charge is 0.449 e. The lowest BCUT2D eigenvalue weighted by atomic mass is 9.82. The van der Waals surface area contributed by atoms with Gasteiger partial charge in [-0.2, -0.15) is 0 Å². The van der Waals surface area contributed by atoms with E-state index < -0.39 is 25.3 Å². The number of halogens is 5. The van der Waals surface area contributed by atoms with E-state index in [1.165, 1.54) is 0 Å². The van der Waals surface area contributed by atoms with E-state index in [1.54, 1.807) is 0 Å². The van der Waals surface area contributed by atoms with Gasteiger partial charge in [0, 0.05) is 18.0 Å². The summed E-state index contributed by atoms with van der Waals surface area (Å²) in [7, 11) is 0. The van der Waals surface area contributed by atoms with Crippen molar-refractivity contribution in [3.63, 3.8) is 0 Å². The summed E-state index contributed by atoms with van der Waals surface area (Å²) in [6, 6.07) is 0.826. The number of hydrogen-bond acceptors (Lipinski definition) is 1. The molecular weight excluding hydrogens is 204 g/mol. The quantitative estimate of drug-likeness (QED) is 0.551. The summed E-state index contributed by atoms with van der Waals surface area (Å²) in [5.74, 6) is 0. The number of rotatable bonds is 3. The Balaban J connectivity index is 2.84. The Kier molecular flexibility index (Phi) is 3.08. The Hall–Kier alpha value is -1.14. The minimum atomic E-state index is -5.00. The number of alkyl halides is 2. The minimum Gasteiger partial charge on any atom is -0.449 e. The predicted octanol–water partition coefficient (Wildman–Crippen LogP) is 2.95. The van der Waals surface area contributed by atoms with Gasteiger partial charge in [-0.15, -0.1) is 0 Å². The first-order valence-electron chi connectivity index (χ1n) is 3.81. The molecule has 0 radical (unpaired) electrons. The maximum absolute atomic E-state index is 12.1. The predicted molar refractivity (Wildman–Crippen MR) is 42.0 cm³/mol.